The van der Waals surface area contributed by atoms with Gasteiger partial charge in [0.05, 0.1) is 5.02 Å². The van der Waals surface area contributed by atoms with Crippen molar-refractivity contribution in [2.24, 2.45) is 5.73 Å². The minimum Gasteiger partial charge on any atom is -0.482 e. The molecule has 0 aliphatic heterocycles. The molecule has 1 unspecified atom stereocenters. The molecule has 0 heterocycles. The molecule has 0 fully saturated rings. The highest BCUT2D eigenvalue weighted by Gasteiger charge is 2.29. The van der Waals surface area contributed by atoms with Crippen molar-refractivity contribution >= 4 is 11.6 Å². The number of hydrogen-bond donors (Lipinski definition) is 1. The molecule has 1 aromatic rings. The van der Waals surface area contributed by atoms with Crippen molar-refractivity contribution in [1.82, 2.24) is 0 Å². The maximum Gasteiger partial charge on any atom is 0.422 e. The SMILES string of the molecule is CC(N)c1cccc(Cl)c1OCC(F)(F)F. The standard InChI is InChI=1S/C10H11ClF3NO/c1-6(15)7-3-2-4-8(11)9(7)16-5-10(12,13)14/h2-4,6H,5,15H2,1H3. The van der Waals surface area contributed by atoms with E-state index in [1.54, 1.807) is 19.1 Å². The number of hydrogen-bond acceptors (Lipinski definition) is 2. The monoisotopic (exact) mass is 253 g/mol. The average molecular weight is 254 g/mol. The molecule has 0 radical (unpaired) electrons. The van der Waals surface area contributed by atoms with Crippen LogP contribution in [0, 0.1) is 0 Å². The molecule has 0 aliphatic carbocycles. The van der Waals surface area contributed by atoms with Crippen LogP contribution in [0.5, 0.6) is 5.75 Å². The molecule has 2 N–H and O–H groups in total. The Labute approximate surface area is 96.1 Å². The van der Waals surface area contributed by atoms with Gasteiger partial charge in [-0.1, -0.05) is 23.7 Å². The van der Waals surface area contributed by atoms with E-state index in [1.807, 2.05) is 0 Å². The van der Waals surface area contributed by atoms with E-state index in [-0.39, 0.29) is 10.8 Å². The summed E-state index contributed by atoms with van der Waals surface area (Å²) in [5, 5.41) is 0.124. The summed E-state index contributed by atoms with van der Waals surface area (Å²) in [5.41, 5.74) is 6.06. The molecule has 0 spiro atoms. The van der Waals surface area contributed by atoms with E-state index in [9.17, 15) is 13.2 Å². The van der Waals surface area contributed by atoms with Gasteiger partial charge < -0.3 is 10.5 Å². The molecule has 0 aromatic heterocycles. The van der Waals surface area contributed by atoms with Gasteiger partial charge in [-0.05, 0) is 13.0 Å². The first kappa shape index (κ1) is 13.1. The smallest absolute Gasteiger partial charge is 0.422 e. The van der Waals surface area contributed by atoms with Gasteiger partial charge in [-0.2, -0.15) is 13.2 Å². The Balaban J connectivity index is 2.93. The summed E-state index contributed by atoms with van der Waals surface area (Å²) in [4.78, 5) is 0. The maximum absolute atomic E-state index is 12.0. The van der Waals surface area contributed by atoms with Crippen LogP contribution < -0.4 is 10.5 Å². The van der Waals surface area contributed by atoms with Crippen molar-refractivity contribution in [3.63, 3.8) is 0 Å². The number of alkyl halides is 3. The number of halogens is 4. The van der Waals surface area contributed by atoms with Crippen LogP contribution in [0.4, 0.5) is 13.2 Å². The number of ether oxygens (including phenoxy) is 1. The van der Waals surface area contributed by atoms with Gasteiger partial charge in [-0.3, -0.25) is 0 Å². The van der Waals surface area contributed by atoms with Crippen LogP contribution in [-0.4, -0.2) is 12.8 Å². The molecule has 0 saturated carbocycles. The Bertz CT molecular complexity index is 366. The highest BCUT2D eigenvalue weighted by Crippen LogP contribution is 2.33. The van der Waals surface area contributed by atoms with Crippen LogP contribution >= 0.6 is 11.6 Å². The second-order valence-electron chi connectivity index (χ2n) is 3.35. The zero-order chi connectivity index (χ0) is 12.3. The minimum atomic E-state index is -4.39. The van der Waals surface area contributed by atoms with Gasteiger partial charge in [0.1, 0.15) is 5.75 Å². The molecule has 1 rings (SSSR count). The van der Waals surface area contributed by atoms with Crippen molar-refractivity contribution in [2.45, 2.75) is 19.1 Å². The normalized spacial score (nSPS) is 13.6. The Morgan fingerprint density at radius 2 is 2.06 bits per heavy atom. The number of nitrogens with two attached hydrogens (primary N) is 1. The molecule has 16 heavy (non-hydrogen) atoms. The van der Waals surface area contributed by atoms with Crippen molar-refractivity contribution < 1.29 is 17.9 Å². The van der Waals surface area contributed by atoms with Gasteiger partial charge >= 0.3 is 6.18 Å². The third-order valence-electron chi connectivity index (χ3n) is 1.87. The minimum absolute atomic E-state index is 0.00325. The lowest BCUT2D eigenvalue weighted by atomic mass is 10.1. The summed E-state index contributed by atoms with van der Waals surface area (Å²) in [5.74, 6) is -0.00325. The molecule has 0 aliphatic rings. The van der Waals surface area contributed by atoms with Crippen LogP contribution in [0.15, 0.2) is 18.2 Å². The highest BCUT2D eigenvalue weighted by molar-refractivity contribution is 6.32. The van der Waals surface area contributed by atoms with Gasteiger partial charge in [0, 0.05) is 11.6 Å². The van der Waals surface area contributed by atoms with E-state index in [4.69, 9.17) is 17.3 Å². The van der Waals surface area contributed by atoms with E-state index >= 15 is 0 Å². The Kier molecular flexibility index (Phi) is 4.04. The van der Waals surface area contributed by atoms with E-state index in [0.717, 1.165) is 0 Å². The van der Waals surface area contributed by atoms with Gasteiger partial charge in [0.25, 0.3) is 0 Å². The van der Waals surface area contributed by atoms with Crippen molar-refractivity contribution in [3.8, 4) is 5.75 Å². The van der Waals surface area contributed by atoms with E-state index in [1.165, 1.54) is 6.07 Å². The van der Waals surface area contributed by atoms with E-state index < -0.39 is 18.8 Å². The summed E-state index contributed by atoms with van der Waals surface area (Å²) in [6, 6.07) is 4.21. The lowest BCUT2D eigenvalue weighted by Gasteiger charge is -2.16. The second-order valence-corrected chi connectivity index (χ2v) is 3.76. The molecule has 0 amide bonds. The summed E-state index contributed by atoms with van der Waals surface area (Å²) >= 11 is 5.75. The van der Waals surface area contributed by atoms with E-state index in [0.29, 0.717) is 5.56 Å². The van der Waals surface area contributed by atoms with Crippen LogP contribution in [0.25, 0.3) is 0 Å². The molecule has 0 saturated heterocycles. The maximum atomic E-state index is 12.0. The molecule has 6 heteroatoms. The third kappa shape index (κ3) is 3.57. The number of para-hydroxylation sites is 1. The van der Waals surface area contributed by atoms with Gasteiger partial charge in [-0.25, -0.2) is 0 Å². The zero-order valence-corrected chi connectivity index (χ0v) is 9.27. The largest absolute Gasteiger partial charge is 0.482 e. The summed E-state index contributed by atoms with van der Waals surface area (Å²) < 4.78 is 40.7. The van der Waals surface area contributed by atoms with Crippen molar-refractivity contribution in [3.05, 3.63) is 28.8 Å². The summed E-state index contributed by atoms with van der Waals surface area (Å²) in [6.07, 6.45) is -4.39. The molecular formula is C10H11ClF3NO. The van der Waals surface area contributed by atoms with Crippen molar-refractivity contribution in [1.29, 1.82) is 0 Å². The molecule has 1 aromatic carbocycles. The first-order valence-electron chi connectivity index (χ1n) is 4.55. The lowest BCUT2D eigenvalue weighted by Crippen LogP contribution is -2.20. The van der Waals surface area contributed by atoms with Crippen LogP contribution in [0.2, 0.25) is 5.02 Å². The van der Waals surface area contributed by atoms with E-state index in [2.05, 4.69) is 4.74 Å². The predicted octanol–water partition coefficient (Wildman–Crippen LogP) is 3.30. The van der Waals surface area contributed by atoms with Gasteiger partial charge in [-0.15, -0.1) is 0 Å². The second kappa shape index (κ2) is 4.93. The average Bonchev–Trinajstić information content (AvgIpc) is 2.13. The quantitative estimate of drug-likeness (QED) is 0.897. The topological polar surface area (TPSA) is 35.2 Å². The lowest BCUT2D eigenvalue weighted by molar-refractivity contribution is -0.153. The number of rotatable bonds is 3. The zero-order valence-electron chi connectivity index (χ0n) is 8.51. The fourth-order valence-corrected chi connectivity index (χ4v) is 1.43. The van der Waals surface area contributed by atoms with Crippen LogP contribution in [0.1, 0.15) is 18.5 Å². The first-order chi connectivity index (χ1) is 7.31. The molecule has 90 valence electrons. The summed E-state index contributed by atoms with van der Waals surface area (Å²) in [6.45, 7) is 0.266. The van der Waals surface area contributed by atoms with Crippen molar-refractivity contribution in [2.75, 3.05) is 6.61 Å². The molecule has 2 nitrogen and oxygen atoms in total. The predicted molar refractivity (Wildman–Crippen MR) is 55.6 cm³/mol. The van der Waals surface area contributed by atoms with Gasteiger partial charge in [0.2, 0.25) is 0 Å². The fraction of sp³-hybridized carbons (Fsp3) is 0.400. The first-order valence-corrected chi connectivity index (χ1v) is 4.92. The Morgan fingerprint density at radius 1 is 1.44 bits per heavy atom. The summed E-state index contributed by atoms with van der Waals surface area (Å²) in [7, 11) is 0. The molecule has 0 bridgehead atoms. The van der Waals surface area contributed by atoms with Gasteiger partial charge in [0.15, 0.2) is 6.61 Å². The molecule has 1 atom stereocenters. The highest BCUT2D eigenvalue weighted by atomic mass is 35.5. The Morgan fingerprint density at radius 3 is 2.56 bits per heavy atom. The Hall–Kier alpha value is -0.940. The fourth-order valence-electron chi connectivity index (χ4n) is 1.19. The third-order valence-corrected chi connectivity index (χ3v) is 2.17. The van der Waals surface area contributed by atoms with Crippen LogP contribution in [-0.2, 0) is 0 Å². The van der Waals surface area contributed by atoms with Crippen LogP contribution in [0.3, 0.4) is 0 Å². The number of benzene rings is 1. The molecular weight excluding hydrogens is 243 g/mol.